The number of rotatable bonds is 4. The van der Waals surface area contributed by atoms with Crippen molar-refractivity contribution in [1.29, 1.82) is 0 Å². The van der Waals surface area contributed by atoms with Crippen LogP contribution in [0.3, 0.4) is 0 Å². The fourth-order valence-electron chi connectivity index (χ4n) is 1.95. The maximum Gasteiger partial charge on any atom is 0.134 e. The van der Waals surface area contributed by atoms with Crippen molar-refractivity contribution in [2.75, 3.05) is 0 Å². The number of nitrogens with one attached hydrogen (secondary N) is 1. The van der Waals surface area contributed by atoms with Crippen molar-refractivity contribution in [3.63, 3.8) is 0 Å². The van der Waals surface area contributed by atoms with Crippen LogP contribution in [-0.2, 0) is 6.54 Å². The van der Waals surface area contributed by atoms with Crippen LogP contribution in [0.5, 0.6) is 0 Å². The molecule has 0 unspecified atom stereocenters. The summed E-state index contributed by atoms with van der Waals surface area (Å²) in [6, 6.07) is 8.15. The maximum atomic E-state index is 14.1. The minimum absolute atomic E-state index is 0.0612. The van der Waals surface area contributed by atoms with Gasteiger partial charge in [-0.3, -0.25) is 0 Å². The minimum Gasteiger partial charge on any atom is -0.310 e. The molecule has 0 amide bonds. The van der Waals surface area contributed by atoms with E-state index in [-0.39, 0.29) is 17.2 Å². The molecule has 0 heterocycles. The Kier molecular flexibility index (Phi) is 4.45. The molecule has 0 aromatic heterocycles. The molecule has 2 aromatic rings. The van der Waals surface area contributed by atoms with Gasteiger partial charge in [0.1, 0.15) is 17.5 Å². The third-order valence-corrected chi connectivity index (χ3v) is 2.98. The molecule has 1 nitrogen and oxygen atoms in total. The first-order valence-electron chi connectivity index (χ1n) is 6.45. The summed E-state index contributed by atoms with van der Waals surface area (Å²) < 4.78 is 41.4. The zero-order valence-corrected chi connectivity index (χ0v) is 11.4. The Labute approximate surface area is 116 Å². The summed E-state index contributed by atoms with van der Waals surface area (Å²) >= 11 is 0. The first kappa shape index (κ1) is 14.6. The van der Waals surface area contributed by atoms with Crippen molar-refractivity contribution in [3.05, 3.63) is 59.4 Å². The molecule has 2 rings (SSSR count). The van der Waals surface area contributed by atoms with Crippen LogP contribution in [0.25, 0.3) is 11.1 Å². The lowest BCUT2D eigenvalue weighted by molar-refractivity contribution is 0.575. The van der Waals surface area contributed by atoms with E-state index in [1.807, 2.05) is 13.8 Å². The van der Waals surface area contributed by atoms with Crippen LogP contribution in [0.4, 0.5) is 13.2 Å². The quantitative estimate of drug-likeness (QED) is 0.881. The van der Waals surface area contributed by atoms with Gasteiger partial charge in [0, 0.05) is 18.2 Å². The van der Waals surface area contributed by atoms with E-state index < -0.39 is 17.5 Å². The second-order valence-corrected chi connectivity index (χ2v) is 4.95. The highest BCUT2D eigenvalue weighted by atomic mass is 19.1. The van der Waals surface area contributed by atoms with E-state index >= 15 is 0 Å². The summed E-state index contributed by atoms with van der Waals surface area (Å²) in [6.07, 6.45) is 0. The Morgan fingerprint density at radius 2 is 1.60 bits per heavy atom. The molecule has 0 aliphatic carbocycles. The second-order valence-electron chi connectivity index (χ2n) is 4.95. The van der Waals surface area contributed by atoms with Gasteiger partial charge in [-0.05, 0) is 23.8 Å². The Bertz CT molecular complexity index is 588. The Hall–Kier alpha value is -1.81. The second kappa shape index (κ2) is 6.09. The van der Waals surface area contributed by atoms with Gasteiger partial charge in [-0.2, -0.15) is 0 Å². The van der Waals surface area contributed by atoms with Crippen molar-refractivity contribution in [2.24, 2.45) is 0 Å². The van der Waals surface area contributed by atoms with Crippen LogP contribution in [0.2, 0.25) is 0 Å². The zero-order chi connectivity index (χ0) is 14.7. The van der Waals surface area contributed by atoms with Crippen molar-refractivity contribution >= 4 is 0 Å². The fraction of sp³-hybridized carbons (Fsp3) is 0.250. The van der Waals surface area contributed by atoms with E-state index in [0.29, 0.717) is 6.54 Å². The Morgan fingerprint density at radius 1 is 0.950 bits per heavy atom. The summed E-state index contributed by atoms with van der Waals surface area (Å²) in [5.74, 6) is -2.16. The van der Waals surface area contributed by atoms with Crippen molar-refractivity contribution in [2.45, 2.75) is 26.4 Å². The average molecular weight is 279 g/mol. The zero-order valence-electron chi connectivity index (χ0n) is 11.4. The van der Waals surface area contributed by atoms with E-state index in [9.17, 15) is 13.2 Å². The molecule has 20 heavy (non-hydrogen) atoms. The molecule has 0 atom stereocenters. The van der Waals surface area contributed by atoms with Crippen molar-refractivity contribution in [3.8, 4) is 11.1 Å². The Morgan fingerprint density at radius 3 is 2.15 bits per heavy atom. The van der Waals surface area contributed by atoms with Gasteiger partial charge >= 0.3 is 0 Å². The number of hydrogen-bond donors (Lipinski definition) is 1. The highest BCUT2D eigenvalue weighted by Gasteiger charge is 2.15. The normalized spacial score (nSPS) is 11.1. The molecule has 0 spiro atoms. The standard InChI is InChI=1S/C16H16F3N/c1-10(2)20-9-11-6-7-12(15(19)8-11)16-13(17)4-3-5-14(16)18/h3-8,10,20H,9H2,1-2H3. The first-order chi connectivity index (χ1) is 9.49. The molecule has 0 saturated heterocycles. The molecule has 0 aliphatic rings. The van der Waals surface area contributed by atoms with E-state index in [1.165, 1.54) is 18.2 Å². The van der Waals surface area contributed by atoms with Crippen LogP contribution in [0.1, 0.15) is 19.4 Å². The highest BCUT2D eigenvalue weighted by molar-refractivity contribution is 5.65. The third-order valence-electron chi connectivity index (χ3n) is 2.98. The van der Waals surface area contributed by atoms with E-state index in [2.05, 4.69) is 5.32 Å². The van der Waals surface area contributed by atoms with Gasteiger partial charge < -0.3 is 5.32 Å². The van der Waals surface area contributed by atoms with Crippen LogP contribution < -0.4 is 5.32 Å². The SMILES string of the molecule is CC(C)NCc1ccc(-c2c(F)cccc2F)c(F)c1. The monoisotopic (exact) mass is 279 g/mol. The molecule has 106 valence electrons. The van der Waals surface area contributed by atoms with E-state index in [1.54, 1.807) is 6.07 Å². The topological polar surface area (TPSA) is 12.0 Å². The Balaban J connectivity index is 2.35. The van der Waals surface area contributed by atoms with E-state index in [0.717, 1.165) is 17.7 Å². The summed E-state index contributed by atoms with van der Waals surface area (Å²) in [4.78, 5) is 0. The lowest BCUT2D eigenvalue weighted by atomic mass is 10.0. The lowest BCUT2D eigenvalue weighted by Crippen LogP contribution is -2.21. The third kappa shape index (κ3) is 3.20. The summed E-state index contributed by atoms with van der Waals surface area (Å²) in [6.45, 7) is 4.48. The predicted molar refractivity (Wildman–Crippen MR) is 73.7 cm³/mol. The maximum absolute atomic E-state index is 14.1. The molecule has 0 radical (unpaired) electrons. The molecule has 0 saturated carbocycles. The lowest BCUT2D eigenvalue weighted by Gasteiger charge is -2.11. The van der Waals surface area contributed by atoms with Gasteiger partial charge in [0.25, 0.3) is 0 Å². The minimum atomic E-state index is -0.767. The summed E-state index contributed by atoms with van der Waals surface area (Å²) in [7, 11) is 0. The smallest absolute Gasteiger partial charge is 0.134 e. The van der Waals surface area contributed by atoms with Crippen molar-refractivity contribution < 1.29 is 13.2 Å². The van der Waals surface area contributed by atoms with Crippen LogP contribution in [0.15, 0.2) is 36.4 Å². The molecule has 4 heteroatoms. The van der Waals surface area contributed by atoms with Gasteiger partial charge in [0.05, 0.1) is 5.56 Å². The summed E-state index contributed by atoms with van der Waals surface area (Å²) in [5, 5.41) is 3.16. The van der Waals surface area contributed by atoms with E-state index in [4.69, 9.17) is 0 Å². The van der Waals surface area contributed by atoms with Gasteiger partial charge in [0.2, 0.25) is 0 Å². The number of benzene rings is 2. The molecular formula is C16H16F3N. The van der Waals surface area contributed by atoms with Crippen LogP contribution >= 0.6 is 0 Å². The van der Waals surface area contributed by atoms with Gasteiger partial charge in [-0.1, -0.05) is 32.0 Å². The van der Waals surface area contributed by atoms with Crippen molar-refractivity contribution in [1.82, 2.24) is 5.32 Å². The predicted octanol–water partition coefficient (Wildman–Crippen LogP) is 4.27. The largest absolute Gasteiger partial charge is 0.310 e. The van der Waals surface area contributed by atoms with Crippen LogP contribution in [-0.4, -0.2) is 6.04 Å². The molecule has 2 aromatic carbocycles. The molecule has 0 fully saturated rings. The van der Waals surface area contributed by atoms with Gasteiger partial charge in [0.15, 0.2) is 0 Å². The van der Waals surface area contributed by atoms with Gasteiger partial charge in [-0.15, -0.1) is 0 Å². The van der Waals surface area contributed by atoms with Gasteiger partial charge in [-0.25, -0.2) is 13.2 Å². The molecule has 0 aliphatic heterocycles. The first-order valence-corrected chi connectivity index (χ1v) is 6.45. The number of halogens is 3. The number of hydrogen-bond acceptors (Lipinski definition) is 1. The molecule has 0 bridgehead atoms. The fourth-order valence-corrected chi connectivity index (χ4v) is 1.95. The highest BCUT2D eigenvalue weighted by Crippen LogP contribution is 2.28. The molecule has 1 N–H and O–H groups in total. The average Bonchev–Trinajstić information content (AvgIpc) is 2.38. The molecular weight excluding hydrogens is 263 g/mol. The summed E-state index contributed by atoms with van der Waals surface area (Å²) in [5.41, 5.74) is 0.346. The van der Waals surface area contributed by atoms with Crippen LogP contribution in [0, 0.1) is 17.5 Å².